The number of amides is 2. The first-order valence-electron chi connectivity index (χ1n) is 16.8. The van der Waals surface area contributed by atoms with Gasteiger partial charge in [-0.1, -0.05) is 74.3 Å². The van der Waals surface area contributed by atoms with E-state index >= 15 is 0 Å². The molecule has 7 rings (SSSR count). The molecule has 0 bridgehead atoms. The van der Waals surface area contributed by atoms with Gasteiger partial charge in [-0.05, 0) is 62.3 Å². The molecule has 0 aliphatic heterocycles. The van der Waals surface area contributed by atoms with Gasteiger partial charge in [0.2, 0.25) is 0 Å². The molecule has 51 heavy (non-hydrogen) atoms. The number of fused-ring (bicyclic) bond motifs is 2. The fourth-order valence-electron chi connectivity index (χ4n) is 6.24. The van der Waals surface area contributed by atoms with Crippen LogP contribution in [0.3, 0.4) is 0 Å². The first kappa shape index (κ1) is 34.5. The lowest BCUT2D eigenvalue weighted by molar-refractivity contribution is 0.171. The molecule has 0 radical (unpaired) electrons. The van der Waals surface area contributed by atoms with Gasteiger partial charge in [0.15, 0.2) is 11.5 Å². The van der Waals surface area contributed by atoms with Gasteiger partial charge in [-0.2, -0.15) is 10.2 Å². The monoisotopic (exact) mass is 726 g/mol. The smallest absolute Gasteiger partial charge is 0.320 e. The van der Waals surface area contributed by atoms with Crippen molar-refractivity contribution in [3.8, 4) is 22.8 Å². The third kappa shape index (κ3) is 7.30. The molecule has 264 valence electrons. The summed E-state index contributed by atoms with van der Waals surface area (Å²) in [7, 11) is 4.06. The molecular formula is C37H40Cl2N10O2. The second-order valence-corrected chi connectivity index (χ2v) is 14.8. The summed E-state index contributed by atoms with van der Waals surface area (Å²) >= 11 is 13.0. The average Bonchev–Trinajstić information content (AvgIpc) is 3.84. The predicted octanol–water partition coefficient (Wildman–Crippen LogP) is 7.72. The highest BCUT2D eigenvalue weighted by atomic mass is 35.5. The molecule has 2 amide bonds. The maximum absolute atomic E-state index is 13.6. The topological polar surface area (TPSA) is 119 Å². The lowest BCUT2D eigenvalue weighted by Crippen LogP contribution is -2.36. The fourth-order valence-corrected chi connectivity index (χ4v) is 6.81. The van der Waals surface area contributed by atoms with Crippen molar-refractivity contribution < 1.29 is 9.53 Å². The van der Waals surface area contributed by atoms with Crippen molar-refractivity contribution in [1.82, 2.24) is 44.4 Å². The largest absolute Gasteiger partial charge is 0.484 e. The molecule has 0 saturated heterocycles. The van der Waals surface area contributed by atoms with Crippen molar-refractivity contribution >= 4 is 40.7 Å². The van der Waals surface area contributed by atoms with Gasteiger partial charge in [-0.25, -0.2) is 9.48 Å². The van der Waals surface area contributed by atoms with E-state index in [4.69, 9.17) is 33.0 Å². The Balaban J connectivity index is 1.09. The van der Waals surface area contributed by atoms with Gasteiger partial charge >= 0.3 is 6.03 Å². The highest BCUT2D eigenvalue weighted by Gasteiger charge is 2.30. The van der Waals surface area contributed by atoms with Crippen LogP contribution in [0.2, 0.25) is 10.0 Å². The molecule has 0 saturated carbocycles. The van der Waals surface area contributed by atoms with E-state index in [2.05, 4.69) is 57.7 Å². The van der Waals surface area contributed by atoms with E-state index in [1.165, 1.54) is 0 Å². The minimum atomic E-state index is -0.320. The molecule has 12 nitrogen and oxygen atoms in total. The summed E-state index contributed by atoms with van der Waals surface area (Å²) in [6, 6.07) is 18.5. The quantitative estimate of drug-likeness (QED) is 0.157. The fraction of sp³-hybridized carbons (Fsp3) is 0.324. The molecule has 0 spiro atoms. The summed E-state index contributed by atoms with van der Waals surface area (Å²) in [5, 5.41) is 25.3. The van der Waals surface area contributed by atoms with Crippen molar-refractivity contribution in [2.75, 3.05) is 26.0 Å². The van der Waals surface area contributed by atoms with Crippen LogP contribution in [0.1, 0.15) is 62.6 Å². The van der Waals surface area contributed by atoms with Crippen molar-refractivity contribution in [2.24, 2.45) is 0 Å². The highest BCUT2D eigenvalue weighted by Crippen LogP contribution is 2.40. The number of urea groups is 1. The number of halogens is 2. The number of nitrogens with zero attached hydrogens (tertiary/aromatic N) is 8. The third-order valence-electron chi connectivity index (χ3n) is 8.94. The van der Waals surface area contributed by atoms with E-state index in [1.54, 1.807) is 29.1 Å². The Morgan fingerprint density at radius 1 is 0.980 bits per heavy atom. The Bertz CT molecular complexity index is 2180. The number of anilines is 1. The second kappa shape index (κ2) is 14.0. The number of carbonyl (C=O) groups excluding carboxylic acids is 1. The van der Waals surface area contributed by atoms with Gasteiger partial charge in [0.1, 0.15) is 23.4 Å². The first-order chi connectivity index (χ1) is 24.4. The van der Waals surface area contributed by atoms with Crippen LogP contribution in [0.25, 0.3) is 22.7 Å². The molecule has 2 N–H and O–H groups in total. The van der Waals surface area contributed by atoms with E-state index in [0.29, 0.717) is 51.5 Å². The summed E-state index contributed by atoms with van der Waals surface area (Å²) in [5.41, 5.74) is 4.66. The summed E-state index contributed by atoms with van der Waals surface area (Å²) in [4.78, 5) is 15.7. The Hall–Kier alpha value is -4.91. The Morgan fingerprint density at radius 2 is 1.75 bits per heavy atom. The van der Waals surface area contributed by atoms with Gasteiger partial charge in [-0.3, -0.25) is 14.4 Å². The van der Waals surface area contributed by atoms with Crippen LogP contribution in [0.15, 0.2) is 79.3 Å². The lowest BCUT2D eigenvalue weighted by atomic mass is 9.85. The first-order valence-corrected chi connectivity index (χ1v) is 17.6. The van der Waals surface area contributed by atoms with Crippen molar-refractivity contribution in [3.63, 3.8) is 0 Å². The van der Waals surface area contributed by atoms with E-state index in [-0.39, 0.29) is 23.6 Å². The number of benzene rings is 2. The van der Waals surface area contributed by atoms with Gasteiger partial charge in [-0.15, -0.1) is 10.2 Å². The molecule has 4 heterocycles. The number of hydrogen-bond donors (Lipinski definition) is 2. The zero-order chi connectivity index (χ0) is 35.9. The molecule has 2 aromatic carbocycles. The standard InChI is InChI=1S/C37H40Cl2N10O2/c1-37(2,3)31-19-33(49(45-31)23-20-40-47(21-23)18-17-46(4)5)42-36(50)41-29-14-15-30(26-10-7-6-9-25(26)29)51-24-13-16-32-43-44-35(48(32)22-24)34-27(38)11-8-12-28(34)39/h6-13,16,19-22,29-30H,14-15,17-18H2,1-5H3,(H2,41,42,50). The van der Waals surface area contributed by atoms with Gasteiger partial charge in [0, 0.05) is 18.0 Å². The third-order valence-corrected chi connectivity index (χ3v) is 9.57. The molecule has 14 heteroatoms. The molecule has 4 aromatic heterocycles. The van der Waals surface area contributed by atoms with E-state index in [1.807, 2.05) is 72.0 Å². The summed E-state index contributed by atoms with van der Waals surface area (Å²) in [5.74, 6) is 1.74. The van der Waals surface area contributed by atoms with Gasteiger partial charge in [0.25, 0.3) is 0 Å². The maximum atomic E-state index is 13.6. The van der Waals surface area contributed by atoms with Crippen molar-refractivity contribution in [2.45, 2.75) is 57.7 Å². The van der Waals surface area contributed by atoms with Crippen LogP contribution < -0.4 is 15.4 Å². The average molecular weight is 728 g/mol. The van der Waals surface area contributed by atoms with Crippen LogP contribution in [0.4, 0.5) is 10.6 Å². The number of aromatic nitrogens is 7. The number of pyridine rings is 1. The van der Waals surface area contributed by atoms with Gasteiger partial charge < -0.3 is 15.0 Å². The normalized spacial score (nSPS) is 16.0. The van der Waals surface area contributed by atoms with Gasteiger partial charge in [0.05, 0.1) is 52.5 Å². The van der Waals surface area contributed by atoms with E-state index in [0.717, 1.165) is 35.6 Å². The Labute approximate surface area is 306 Å². The van der Waals surface area contributed by atoms with Crippen molar-refractivity contribution in [1.29, 1.82) is 0 Å². The molecule has 1 aliphatic rings. The maximum Gasteiger partial charge on any atom is 0.320 e. The number of hydrogen-bond acceptors (Lipinski definition) is 7. The second-order valence-electron chi connectivity index (χ2n) is 14.0. The van der Waals surface area contributed by atoms with Crippen LogP contribution in [-0.2, 0) is 12.0 Å². The zero-order valence-corrected chi connectivity index (χ0v) is 30.7. The summed E-state index contributed by atoms with van der Waals surface area (Å²) in [6.07, 6.45) is 6.69. The van der Waals surface area contributed by atoms with Crippen LogP contribution in [-0.4, -0.2) is 65.7 Å². The van der Waals surface area contributed by atoms with Crippen LogP contribution in [0.5, 0.6) is 5.75 Å². The summed E-state index contributed by atoms with van der Waals surface area (Å²) in [6.45, 7) is 7.88. The highest BCUT2D eigenvalue weighted by molar-refractivity contribution is 6.39. The number of carbonyl (C=O) groups is 1. The lowest BCUT2D eigenvalue weighted by Gasteiger charge is -2.32. The predicted molar refractivity (Wildman–Crippen MR) is 199 cm³/mol. The molecule has 1 aliphatic carbocycles. The molecule has 0 fully saturated rings. The number of ether oxygens (including phenoxy) is 1. The molecule has 2 unspecified atom stereocenters. The van der Waals surface area contributed by atoms with E-state index < -0.39 is 0 Å². The van der Waals surface area contributed by atoms with Crippen LogP contribution in [0, 0.1) is 0 Å². The molecule has 2 atom stereocenters. The van der Waals surface area contributed by atoms with E-state index in [9.17, 15) is 4.79 Å². The zero-order valence-electron chi connectivity index (χ0n) is 29.1. The number of nitrogens with one attached hydrogen (secondary N) is 2. The summed E-state index contributed by atoms with van der Waals surface area (Å²) < 4.78 is 12.1. The molecular weight excluding hydrogens is 687 g/mol. The number of rotatable bonds is 9. The Morgan fingerprint density at radius 3 is 2.49 bits per heavy atom. The van der Waals surface area contributed by atoms with Crippen molar-refractivity contribution in [3.05, 3.63) is 106 Å². The minimum absolute atomic E-state index is 0.220. The van der Waals surface area contributed by atoms with Crippen LogP contribution >= 0.6 is 23.2 Å². The number of likely N-dealkylation sites (N-methyl/N-ethyl adjacent to an activating group) is 1. The molecule has 6 aromatic rings. The minimum Gasteiger partial charge on any atom is -0.484 e. The Kier molecular flexibility index (Phi) is 9.49. The SMILES string of the molecule is CN(C)CCn1cc(-n2nc(C(C)(C)C)cc2NC(=O)NC2CCC(Oc3ccc4nnc(-c5c(Cl)cccc5Cl)n4c3)c3ccccc32)cn1.